The number of nitrogens with zero attached hydrogens (tertiary/aromatic N) is 3. The highest BCUT2D eigenvalue weighted by atomic mass is 79.9. The van der Waals surface area contributed by atoms with Crippen molar-refractivity contribution in [2.24, 2.45) is 0 Å². The predicted octanol–water partition coefficient (Wildman–Crippen LogP) is 2.00. The van der Waals surface area contributed by atoms with Crippen molar-refractivity contribution >= 4 is 21.9 Å². The van der Waals surface area contributed by atoms with Crippen LogP contribution in [0.15, 0.2) is 27.3 Å². The van der Waals surface area contributed by atoms with Crippen LogP contribution in [0.4, 0.5) is 0 Å². The van der Waals surface area contributed by atoms with Crippen molar-refractivity contribution in [3.63, 3.8) is 0 Å². The minimum atomic E-state index is -0.392. The van der Waals surface area contributed by atoms with Crippen LogP contribution >= 0.6 is 15.9 Å². The van der Waals surface area contributed by atoms with E-state index in [9.17, 15) is 4.79 Å². The summed E-state index contributed by atoms with van der Waals surface area (Å²) in [6.07, 6.45) is 1.61. The monoisotopic (exact) mass is 311 g/mol. The number of carbonyl (C=O) groups is 1. The molecule has 0 aliphatic heterocycles. The number of halogens is 1. The second kappa shape index (κ2) is 5.72. The molecule has 2 aromatic heterocycles. The van der Waals surface area contributed by atoms with E-state index >= 15 is 0 Å². The Morgan fingerprint density at radius 1 is 1.50 bits per heavy atom. The third-order valence-electron chi connectivity index (χ3n) is 2.03. The van der Waals surface area contributed by atoms with Crippen LogP contribution in [0.1, 0.15) is 12.8 Å². The third kappa shape index (κ3) is 3.13. The lowest BCUT2D eigenvalue weighted by Gasteiger charge is -1.96. The zero-order valence-electron chi connectivity index (χ0n) is 9.59. The quantitative estimate of drug-likeness (QED) is 0.804. The van der Waals surface area contributed by atoms with Crippen molar-refractivity contribution in [3.8, 4) is 11.5 Å². The highest BCUT2D eigenvalue weighted by Gasteiger charge is 2.13. The molecule has 0 N–H and O–H groups in total. The predicted molar refractivity (Wildman–Crippen MR) is 65.6 cm³/mol. The molecule has 18 heavy (non-hydrogen) atoms. The average molecular weight is 312 g/mol. The summed E-state index contributed by atoms with van der Waals surface area (Å²) in [6, 6.07) is 3.58. The molecule has 2 rings (SSSR count). The fourth-order valence-corrected chi connectivity index (χ4v) is 1.51. The van der Waals surface area contributed by atoms with Crippen LogP contribution < -0.4 is 0 Å². The van der Waals surface area contributed by atoms with E-state index in [1.165, 1.54) is 0 Å². The number of aromatic nitrogens is 3. The molecule has 2 heterocycles. The minimum Gasteiger partial charge on any atom is -0.466 e. The van der Waals surface area contributed by atoms with Crippen LogP contribution in [0.25, 0.3) is 11.5 Å². The van der Waals surface area contributed by atoms with Crippen LogP contribution in [0.3, 0.4) is 0 Å². The lowest BCUT2D eigenvalue weighted by Crippen LogP contribution is -2.07. The van der Waals surface area contributed by atoms with Crippen LogP contribution in [0.5, 0.6) is 0 Å². The van der Waals surface area contributed by atoms with Crippen LogP contribution in [-0.4, -0.2) is 27.7 Å². The van der Waals surface area contributed by atoms with Gasteiger partial charge in [0.15, 0.2) is 0 Å². The fraction of sp³-hybridized carbons (Fsp3) is 0.273. The first kappa shape index (κ1) is 12.7. The molecule has 2 aromatic rings. The smallest absolute Gasteiger partial charge is 0.315 e. The Morgan fingerprint density at radius 2 is 2.33 bits per heavy atom. The van der Waals surface area contributed by atoms with E-state index in [2.05, 4.69) is 31.1 Å². The molecule has 94 valence electrons. The molecule has 0 aliphatic rings. The van der Waals surface area contributed by atoms with Crippen molar-refractivity contribution in [2.75, 3.05) is 6.61 Å². The lowest BCUT2D eigenvalue weighted by atomic mass is 10.3. The maximum Gasteiger partial charge on any atom is 0.315 e. The maximum absolute atomic E-state index is 11.2. The van der Waals surface area contributed by atoms with Gasteiger partial charge in [0.1, 0.15) is 12.1 Å². The zero-order valence-corrected chi connectivity index (χ0v) is 11.2. The number of hydrogen-bond acceptors (Lipinski definition) is 6. The topological polar surface area (TPSA) is 78.1 Å². The number of ether oxygens (including phenoxy) is 1. The Bertz CT molecular complexity index is 539. The van der Waals surface area contributed by atoms with Crippen molar-refractivity contribution in [1.82, 2.24) is 15.1 Å². The zero-order chi connectivity index (χ0) is 13.0. The molecule has 0 aliphatic carbocycles. The van der Waals surface area contributed by atoms with Gasteiger partial charge in [-0.2, -0.15) is 4.98 Å². The first-order chi connectivity index (χ1) is 8.69. The summed E-state index contributed by atoms with van der Waals surface area (Å²) < 4.78 is 10.6. The van der Waals surface area contributed by atoms with Crippen molar-refractivity contribution in [1.29, 1.82) is 0 Å². The van der Waals surface area contributed by atoms with Crippen molar-refractivity contribution < 1.29 is 14.1 Å². The van der Waals surface area contributed by atoms with Gasteiger partial charge in [-0.25, -0.2) is 0 Å². The largest absolute Gasteiger partial charge is 0.466 e. The normalized spacial score (nSPS) is 10.3. The molecule has 0 atom stereocenters. The van der Waals surface area contributed by atoms with Gasteiger partial charge in [0.25, 0.3) is 0 Å². The Hall–Kier alpha value is -1.76. The van der Waals surface area contributed by atoms with Gasteiger partial charge in [-0.15, -0.1) is 0 Å². The van der Waals surface area contributed by atoms with E-state index in [4.69, 9.17) is 9.26 Å². The highest BCUT2D eigenvalue weighted by molar-refractivity contribution is 9.10. The minimum absolute atomic E-state index is 0.0304. The molecule has 6 nitrogen and oxygen atoms in total. The number of rotatable bonds is 4. The number of hydrogen-bond donors (Lipinski definition) is 0. The van der Waals surface area contributed by atoms with E-state index < -0.39 is 5.97 Å². The van der Waals surface area contributed by atoms with Gasteiger partial charge < -0.3 is 9.26 Å². The molecule has 0 radical (unpaired) electrons. The molecular formula is C11H10BrN3O3. The first-order valence-corrected chi connectivity index (χ1v) is 6.08. The molecule has 0 unspecified atom stereocenters. The Balaban J connectivity index is 2.10. The second-order valence-electron chi connectivity index (χ2n) is 3.36. The van der Waals surface area contributed by atoms with Gasteiger partial charge in [-0.3, -0.25) is 9.78 Å². The van der Waals surface area contributed by atoms with Gasteiger partial charge in [-0.05, 0) is 35.0 Å². The third-order valence-corrected chi connectivity index (χ3v) is 2.49. The molecular weight excluding hydrogens is 302 g/mol. The fourth-order valence-electron chi connectivity index (χ4n) is 1.27. The van der Waals surface area contributed by atoms with Gasteiger partial charge in [0.05, 0.1) is 6.61 Å². The second-order valence-corrected chi connectivity index (χ2v) is 4.27. The average Bonchev–Trinajstić information content (AvgIpc) is 2.78. The van der Waals surface area contributed by atoms with Crippen LogP contribution in [-0.2, 0) is 16.0 Å². The van der Waals surface area contributed by atoms with E-state index in [-0.39, 0.29) is 12.3 Å². The molecule has 0 bridgehead atoms. The summed E-state index contributed by atoms with van der Waals surface area (Å²) >= 11 is 3.29. The standard InChI is InChI=1S/C11H10BrN3O3/c1-2-17-10(16)5-9-14-11(15-18-9)8-4-3-7(12)6-13-8/h3-4,6H,2,5H2,1H3. The summed E-state index contributed by atoms with van der Waals surface area (Å²) in [6.45, 7) is 2.07. The molecule has 0 aromatic carbocycles. The molecule has 0 spiro atoms. The van der Waals surface area contributed by atoms with E-state index in [1.807, 2.05) is 6.07 Å². The molecule has 7 heteroatoms. The summed E-state index contributed by atoms with van der Waals surface area (Å²) in [5.74, 6) is 0.173. The van der Waals surface area contributed by atoms with Crippen molar-refractivity contribution in [2.45, 2.75) is 13.3 Å². The van der Waals surface area contributed by atoms with Gasteiger partial charge in [0, 0.05) is 10.7 Å². The van der Waals surface area contributed by atoms with Crippen molar-refractivity contribution in [3.05, 3.63) is 28.7 Å². The van der Waals surface area contributed by atoms with Crippen LogP contribution in [0.2, 0.25) is 0 Å². The summed E-state index contributed by atoms with van der Waals surface area (Å²) in [4.78, 5) is 19.4. The number of carbonyl (C=O) groups excluding carboxylic acids is 1. The van der Waals surface area contributed by atoms with Crippen LogP contribution in [0, 0.1) is 0 Å². The summed E-state index contributed by atoms with van der Waals surface area (Å²) in [7, 11) is 0. The molecule has 0 saturated carbocycles. The van der Waals surface area contributed by atoms with E-state index in [0.29, 0.717) is 18.1 Å². The number of pyridine rings is 1. The van der Waals surface area contributed by atoms with E-state index in [1.54, 1.807) is 19.2 Å². The molecule has 0 saturated heterocycles. The molecule has 0 amide bonds. The highest BCUT2D eigenvalue weighted by Crippen LogP contribution is 2.16. The Kier molecular flexibility index (Phi) is 4.03. The van der Waals surface area contributed by atoms with E-state index in [0.717, 1.165) is 4.47 Å². The van der Waals surface area contributed by atoms with Gasteiger partial charge >= 0.3 is 5.97 Å². The summed E-state index contributed by atoms with van der Waals surface area (Å²) in [5, 5.41) is 3.76. The SMILES string of the molecule is CCOC(=O)Cc1nc(-c2ccc(Br)cn2)no1. The Morgan fingerprint density at radius 3 is 3.00 bits per heavy atom. The number of esters is 1. The molecule has 0 fully saturated rings. The lowest BCUT2D eigenvalue weighted by molar-refractivity contribution is -0.142. The maximum atomic E-state index is 11.2. The summed E-state index contributed by atoms with van der Waals surface area (Å²) in [5.41, 5.74) is 0.581. The Labute approximate surface area is 111 Å². The first-order valence-electron chi connectivity index (χ1n) is 5.29. The van der Waals surface area contributed by atoms with Gasteiger partial charge in [0.2, 0.25) is 11.7 Å². The van der Waals surface area contributed by atoms with Gasteiger partial charge in [-0.1, -0.05) is 5.16 Å².